The summed E-state index contributed by atoms with van der Waals surface area (Å²) in [6.07, 6.45) is 2.53. The number of nitrogens with zero attached hydrogens (tertiary/aromatic N) is 1. The first-order valence-electron chi connectivity index (χ1n) is 8.92. The molecule has 1 aliphatic carbocycles. The molecular formula is C21H22N2O2. The molecule has 2 aromatic rings. The van der Waals surface area contributed by atoms with Crippen LogP contribution in [0.25, 0.3) is 11.1 Å². The molecule has 0 bridgehead atoms. The van der Waals surface area contributed by atoms with Gasteiger partial charge in [-0.25, -0.2) is 0 Å². The Morgan fingerprint density at radius 3 is 2.56 bits per heavy atom. The molecule has 2 amide bonds. The van der Waals surface area contributed by atoms with E-state index in [2.05, 4.69) is 29.6 Å². The van der Waals surface area contributed by atoms with Gasteiger partial charge in [-0.1, -0.05) is 48.5 Å². The summed E-state index contributed by atoms with van der Waals surface area (Å²) in [6, 6.07) is 18.8. The molecule has 4 heteroatoms. The van der Waals surface area contributed by atoms with E-state index in [4.69, 9.17) is 0 Å². The molecule has 1 saturated carbocycles. The summed E-state index contributed by atoms with van der Waals surface area (Å²) in [6.45, 7) is 1.08. The number of hydrogen-bond donors (Lipinski definition) is 1. The van der Waals surface area contributed by atoms with Crippen LogP contribution in [-0.4, -0.2) is 29.3 Å². The number of hydrogen-bond acceptors (Lipinski definition) is 2. The van der Waals surface area contributed by atoms with E-state index in [1.54, 1.807) is 0 Å². The van der Waals surface area contributed by atoms with Crippen LogP contribution in [0.2, 0.25) is 0 Å². The molecule has 1 atom stereocenters. The molecule has 2 fully saturated rings. The maximum absolute atomic E-state index is 12.4. The van der Waals surface area contributed by atoms with Gasteiger partial charge in [-0.05, 0) is 35.6 Å². The van der Waals surface area contributed by atoms with Crippen molar-refractivity contribution in [1.82, 2.24) is 10.2 Å². The van der Waals surface area contributed by atoms with E-state index in [0.29, 0.717) is 25.6 Å². The Kier molecular flexibility index (Phi) is 4.26. The van der Waals surface area contributed by atoms with Gasteiger partial charge in [0.25, 0.3) is 0 Å². The second-order valence-corrected chi connectivity index (χ2v) is 6.96. The van der Waals surface area contributed by atoms with Crippen LogP contribution >= 0.6 is 0 Å². The van der Waals surface area contributed by atoms with Crippen LogP contribution in [0.3, 0.4) is 0 Å². The predicted molar refractivity (Wildman–Crippen MR) is 96.6 cm³/mol. The Bertz CT molecular complexity index is 783. The zero-order chi connectivity index (χ0) is 17.2. The van der Waals surface area contributed by atoms with Crippen LogP contribution in [0.15, 0.2) is 54.6 Å². The summed E-state index contributed by atoms with van der Waals surface area (Å²) in [4.78, 5) is 26.3. The number of amides is 2. The van der Waals surface area contributed by atoms with Crippen molar-refractivity contribution in [3.8, 4) is 11.1 Å². The molecular weight excluding hydrogens is 312 g/mol. The topological polar surface area (TPSA) is 49.4 Å². The number of benzene rings is 2. The van der Waals surface area contributed by atoms with Crippen molar-refractivity contribution in [1.29, 1.82) is 0 Å². The number of rotatable bonds is 5. The fraction of sp³-hybridized carbons (Fsp3) is 0.333. The van der Waals surface area contributed by atoms with Crippen LogP contribution in [0.1, 0.15) is 24.8 Å². The quantitative estimate of drug-likeness (QED) is 0.914. The van der Waals surface area contributed by atoms with Crippen molar-refractivity contribution in [2.75, 3.05) is 6.54 Å². The van der Waals surface area contributed by atoms with E-state index < -0.39 is 0 Å². The van der Waals surface area contributed by atoms with Crippen molar-refractivity contribution >= 4 is 11.8 Å². The Morgan fingerprint density at radius 1 is 1.04 bits per heavy atom. The average molecular weight is 334 g/mol. The standard InChI is InChI=1S/C21H22N2O2/c24-20-12-18(14-23(20)19-9-10-19)21(25)22-13-15-5-4-8-17(11-15)16-6-2-1-3-7-16/h1-8,11,18-19H,9-10,12-14H2,(H,22,25)/t18-/m1/s1. The molecule has 1 aliphatic heterocycles. The van der Waals surface area contributed by atoms with Gasteiger partial charge in [0.2, 0.25) is 11.8 Å². The fourth-order valence-corrected chi connectivity index (χ4v) is 3.47. The summed E-state index contributed by atoms with van der Waals surface area (Å²) in [5.41, 5.74) is 3.37. The minimum absolute atomic E-state index is 0.0124. The number of carbonyl (C=O) groups is 2. The van der Waals surface area contributed by atoms with Gasteiger partial charge in [-0.15, -0.1) is 0 Å². The smallest absolute Gasteiger partial charge is 0.225 e. The third kappa shape index (κ3) is 3.58. The lowest BCUT2D eigenvalue weighted by atomic mass is 10.0. The fourth-order valence-electron chi connectivity index (χ4n) is 3.47. The highest BCUT2D eigenvalue weighted by Crippen LogP contribution is 2.32. The molecule has 0 unspecified atom stereocenters. The zero-order valence-corrected chi connectivity index (χ0v) is 14.2. The summed E-state index contributed by atoms with van der Waals surface area (Å²) in [5.74, 6) is -0.0826. The zero-order valence-electron chi connectivity index (χ0n) is 14.2. The summed E-state index contributed by atoms with van der Waals surface area (Å²) in [5, 5.41) is 3.00. The maximum atomic E-state index is 12.4. The first-order valence-corrected chi connectivity index (χ1v) is 8.92. The monoisotopic (exact) mass is 334 g/mol. The maximum Gasteiger partial charge on any atom is 0.225 e. The molecule has 25 heavy (non-hydrogen) atoms. The van der Waals surface area contributed by atoms with Gasteiger partial charge in [-0.3, -0.25) is 9.59 Å². The second kappa shape index (κ2) is 6.71. The lowest BCUT2D eigenvalue weighted by Gasteiger charge is -2.15. The van der Waals surface area contributed by atoms with E-state index in [9.17, 15) is 9.59 Å². The van der Waals surface area contributed by atoms with Crippen molar-refractivity contribution in [2.24, 2.45) is 5.92 Å². The van der Waals surface area contributed by atoms with Gasteiger partial charge in [0.05, 0.1) is 5.92 Å². The van der Waals surface area contributed by atoms with Crippen LogP contribution in [0.5, 0.6) is 0 Å². The highest BCUT2D eigenvalue weighted by Gasteiger charge is 2.41. The molecule has 1 heterocycles. The Balaban J connectivity index is 1.37. The van der Waals surface area contributed by atoms with Crippen LogP contribution in [0, 0.1) is 5.92 Å². The van der Waals surface area contributed by atoms with E-state index >= 15 is 0 Å². The van der Waals surface area contributed by atoms with Crippen LogP contribution in [0.4, 0.5) is 0 Å². The molecule has 0 aromatic heterocycles. The lowest BCUT2D eigenvalue weighted by molar-refractivity contribution is -0.129. The number of nitrogens with one attached hydrogen (secondary N) is 1. The Morgan fingerprint density at radius 2 is 1.80 bits per heavy atom. The minimum atomic E-state index is -0.203. The molecule has 0 radical (unpaired) electrons. The summed E-state index contributed by atoms with van der Waals surface area (Å²) >= 11 is 0. The van der Waals surface area contributed by atoms with Gasteiger partial charge >= 0.3 is 0 Å². The van der Waals surface area contributed by atoms with Crippen molar-refractivity contribution in [3.63, 3.8) is 0 Å². The summed E-state index contributed by atoms with van der Waals surface area (Å²) < 4.78 is 0. The highest BCUT2D eigenvalue weighted by atomic mass is 16.2. The van der Waals surface area contributed by atoms with E-state index in [0.717, 1.165) is 29.5 Å². The van der Waals surface area contributed by atoms with E-state index in [-0.39, 0.29) is 17.7 Å². The molecule has 0 spiro atoms. The first-order chi connectivity index (χ1) is 12.2. The van der Waals surface area contributed by atoms with E-state index in [1.165, 1.54) is 0 Å². The number of likely N-dealkylation sites (tertiary alicyclic amines) is 1. The van der Waals surface area contributed by atoms with Crippen molar-refractivity contribution < 1.29 is 9.59 Å². The third-order valence-electron chi connectivity index (χ3n) is 5.02. The second-order valence-electron chi connectivity index (χ2n) is 6.96. The third-order valence-corrected chi connectivity index (χ3v) is 5.02. The van der Waals surface area contributed by atoms with Gasteiger partial charge in [0.15, 0.2) is 0 Å². The number of carbonyl (C=O) groups excluding carboxylic acids is 2. The van der Waals surface area contributed by atoms with Crippen molar-refractivity contribution in [3.05, 3.63) is 60.2 Å². The summed E-state index contributed by atoms with van der Waals surface area (Å²) in [7, 11) is 0. The molecule has 2 aromatic carbocycles. The largest absolute Gasteiger partial charge is 0.352 e. The molecule has 128 valence electrons. The van der Waals surface area contributed by atoms with Gasteiger partial charge in [-0.2, -0.15) is 0 Å². The van der Waals surface area contributed by atoms with Crippen LogP contribution < -0.4 is 5.32 Å². The van der Waals surface area contributed by atoms with Gasteiger partial charge < -0.3 is 10.2 Å². The normalized spacial score (nSPS) is 19.9. The molecule has 1 saturated heterocycles. The molecule has 4 nitrogen and oxygen atoms in total. The molecule has 4 rings (SSSR count). The average Bonchev–Trinajstić information content (AvgIpc) is 3.42. The lowest BCUT2D eigenvalue weighted by Crippen LogP contribution is -2.33. The highest BCUT2D eigenvalue weighted by molar-refractivity contribution is 5.89. The van der Waals surface area contributed by atoms with Gasteiger partial charge in [0.1, 0.15) is 0 Å². The Hall–Kier alpha value is -2.62. The molecule has 2 aliphatic rings. The predicted octanol–water partition coefficient (Wildman–Crippen LogP) is 2.98. The molecule has 1 N–H and O–H groups in total. The first kappa shape index (κ1) is 15.9. The van der Waals surface area contributed by atoms with Crippen molar-refractivity contribution in [2.45, 2.75) is 31.8 Å². The minimum Gasteiger partial charge on any atom is -0.352 e. The van der Waals surface area contributed by atoms with Gasteiger partial charge in [0, 0.05) is 25.6 Å². The Labute approximate surface area is 147 Å². The SMILES string of the molecule is O=C(NCc1cccc(-c2ccccc2)c1)[C@@H]1CC(=O)N(C2CC2)C1. The van der Waals surface area contributed by atoms with Crippen LogP contribution in [-0.2, 0) is 16.1 Å². The van der Waals surface area contributed by atoms with E-state index in [1.807, 2.05) is 35.2 Å².